The number of pyridine rings is 1. The van der Waals surface area contributed by atoms with Gasteiger partial charge in [0, 0.05) is 19.0 Å². The van der Waals surface area contributed by atoms with Crippen molar-refractivity contribution in [1.29, 1.82) is 0 Å². The summed E-state index contributed by atoms with van der Waals surface area (Å²) in [5.74, 6) is -0.0512. The lowest BCUT2D eigenvalue weighted by atomic mass is 10.0. The Labute approximate surface area is 111 Å². The Balaban J connectivity index is 2.15. The van der Waals surface area contributed by atoms with Crippen molar-refractivity contribution in [2.24, 2.45) is 5.92 Å². The van der Waals surface area contributed by atoms with Crippen LogP contribution in [-0.4, -0.2) is 40.1 Å². The summed E-state index contributed by atoms with van der Waals surface area (Å²) in [6.07, 6.45) is 1.82. The fraction of sp³-hybridized carbons (Fsp3) is 0.500. The van der Waals surface area contributed by atoms with Gasteiger partial charge in [-0.15, -0.1) is 0 Å². The van der Waals surface area contributed by atoms with Crippen molar-refractivity contribution >= 4 is 23.2 Å². The van der Waals surface area contributed by atoms with Gasteiger partial charge in [-0.2, -0.15) is 0 Å². The molecule has 1 amide bonds. The number of nitrogen functional groups attached to an aromatic ring is 1. The highest BCUT2D eigenvalue weighted by Crippen LogP contribution is 2.24. The van der Waals surface area contributed by atoms with Crippen LogP contribution in [0.2, 0.25) is 5.15 Å². The number of halogens is 1. The van der Waals surface area contributed by atoms with Crippen LogP contribution in [0.5, 0.6) is 0 Å². The number of likely N-dealkylation sites (tertiary alicyclic amines) is 1. The van der Waals surface area contributed by atoms with Crippen molar-refractivity contribution in [3.05, 3.63) is 23.0 Å². The third-order valence-electron chi connectivity index (χ3n) is 3.28. The van der Waals surface area contributed by atoms with Crippen molar-refractivity contribution in [2.45, 2.75) is 19.4 Å². The maximum atomic E-state index is 12.3. The Morgan fingerprint density at radius 2 is 2.44 bits per heavy atom. The van der Waals surface area contributed by atoms with E-state index in [0.29, 0.717) is 24.3 Å². The molecule has 2 atom stereocenters. The molecule has 1 saturated heterocycles. The van der Waals surface area contributed by atoms with Crippen LogP contribution >= 0.6 is 11.6 Å². The van der Waals surface area contributed by atoms with Crippen LogP contribution < -0.4 is 5.73 Å². The smallest absolute Gasteiger partial charge is 0.257 e. The van der Waals surface area contributed by atoms with E-state index in [1.807, 2.05) is 0 Å². The molecule has 1 aromatic heterocycles. The fourth-order valence-corrected chi connectivity index (χ4v) is 2.33. The summed E-state index contributed by atoms with van der Waals surface area (Å²) in [4.78, 5) is 17.8. The lowest BCUT2D eigenvalue weighted by Crippen LogP contribution is -2.30. The maximum absolute atomic E-state index is 12.3. The Hall–Kier alpha value is -1.33. The highest BCUT2D eigenvalue weighted by molar-refractivity contribution is 6.32. The summed E-state index contributed by atoms with van der Waals surface area (Å²) < 4.78 is 0. The van der Waals surface area contributed by atoms with Crippen LogP contribution in [0.1, 0.15) is 23.7 Å². The van der Waals surface area contributed by atoms with Crippen LogP contribution in [0.25, 0.3) is 0 Å². The number of hydrogen-bond donors (Lipinski definition) is 2. The quantitative estimate of drug-likeness (QED) is 0.790. The Morgan fingerprint density at radius 1 is 1.72 bits per heavy atom. The van der Waals surface area contributed by atoms with Crippen LogP contribution in [-0.2, 0) is 0 Å². The average molecular weight is 270 g/mol. The highest BCUT2D eigenvalue weighted by Gasteiger charge is 2.30. The van der Waals surface area contributed by atoms with Crippen molar-refractivity contribution in [2.75, 3.05) is 18.8 Å². The average Bonchev–Trinajstić information content (AvgIpc) is 2.81. The summed E-state index contributed by atoms with van der Waals surface area (Å²) in [6, 6.07) is 1.54. The van der Waals surface area contributed by atoms with Crippen molar-refractivity contribution in [1.82, 2.24) is 9.88 Å². The van der Waals surface area contributed by atoms with Crippen molar-refractivity contribution in [3.8, 4) is 0 Å². The minimum atomic E-state index is -0.405. The zero-order valence-electron chi connectivity index (χ0n) is 10.1. The van der Waals surface area contributed by atoms with Crippen molar-refractivity contribution in [3.63, 3.8) is 0 Å². The molecule has 0 bridgehead atoms. The predicted molar refractivity (Wildman–Crippen MR) is 69.4 cm³/mol. The summed E-state index contributed by atoms with van der Waals surface area (Å²) >= 11 is 5.90. The second-order valence-electron chi connectivity index (χ2n) is 4.65. The maximum Gasteiger partial charge on any atom is 0.257 e. The molecule has 2 heterocycles. The number of aliphatic hydroxyl groups excluding tert-OH is 1. The number of carbonyl (C=O) groups is 1. The van der Waals surface area contributed by atoms with Gasteiger partial charge in [0.15, 0.2) is 0 Å². The topological polar surface area (TPSA) is 79.5 Å². The highest BCUT2D eigenvalue weighted by atomic mass is 35.5. The molecule has 18 heavy (non-hydrogen) atoms. The summed E-state index contributed by atoms with van der Waals surface area (Å²) in [5, 5.41) is 9.69. The largest absolute Gasteiger partial charge is 0.397 e. The predicted octanol–water partition coefficient (Wildman–Crippen LogP) is 1.16. The number of hydrogen-bond acceptors (Lipinski definition) is 4. The summed E-state index contributed by atoms with van der Waals surface area (Å²) in [7, 11) is 0. The SMILES string of the molecule is CC(O)C1CCN(C(=O)c2cc(N)cnc2Cl)C1. The van der Waals surface area contributed by atoms with E-state index >= 15 is 0 Å². The molecule has 0 saturated carbocycles. The first-order valence-corrected chi connectivity index (χ1v) is 6.25. The Kier molecular flexibility index (Phi) is 3.73. The minimum absolute atomic E-state index is 0.127. The lowest BCUT2D eigenvalue weighted by Gasteiger charge is -2.18. The van der Waals surface area contributed by atoms with Crippen LogP contribution in [0.3, 0.4) is 0 Å². The van der Waals surface area contributed by atoms with Gasteiger partial charge in [0.2, 0.25) is 0 Å². The molecule has 1 aliphatic rings. The molecule has 0 spiro atoms. The van der Waals surface area contributed by atoms with Gasteiger partial charge in [-0.25, -0.2) is 4.98 Å². The van der Waals surface area contributed by atoms with E-state index in [4.69, 9.17) is 17.3 Å². The number of carbonyl (C=O) groups excluding carboxylic acids is 1. The number of nitrogens with two attached hydrogens (primary N) is 1. The van der Waals surface area contributed by atoms with Crippen molar-refractivity contribution < 1.29 is 9.90 Å². The van der Waals surface area contributed by atoms with Crippen LogP contribution in [0.4, 0.5) is 5.69 Å². The van der Waals surface area contributed by atoms with Gasteiger partial charge in [-0.1, -0.05) is 11.6 Å². The first-order valence-electron chi connectivity index (χ1n) is 5.87. The number of amides is 1. The van der Waals surface area contributed by atoms with Crippen LogP contribution in [0.15, 0.2) is 12.3 Å². The third-order valence-corrected chi connectivity index (χ3v) is 3.59. The Morgan fingerprint density at radius 3 is 3.06 bits per heavy atom. The second-order valence-corrected chi connectivity index (χ2v) is 5.01. The summed E-state index contributed by atoms with van der Waals surface area (Å²) in [6.45, 7) is 2.91. The van der Waals surface area contributed by atoms with Gasteiger partial charge < -0.3 is 15.7 Å². The number of aliphatic hydroxyl groups is 1. The number of aromatic nitrogens is 1. The molecular weight excluding hydrogens is 254 g/mol. The molecule has 98 valence electrons. The first-order chi connectivity index (χ1) is 8.49. The normalized spacial score (nSPS) is 21.1. The zero-order valence-corrected chi connectivity index (χ0v) is 10.9. The zero-order chi connectivity index (χ0) is 13.3. The van der Waals surface area contributed by atoms with E-state index in [9.17, 15) is 9.90 Å². The van der Waals surface area contributed by atoms with E-state index in [-0.39, 0.29) is 17.0 Å². The molecule has 0 radical (unpaired) electrons. The molecule has 5 nitrogen and oxygen atoms in total. The number of nitrogens with zero attached hydrogens (tertiary/aromatic N) is 2. The lowest BCUT2D eigenvalue weighted by molar-refractivity contribution is 0.0762. The van der Waals surface area contributed by atoms with E-state index < -0.39 is 6.10 Å². The van der Waals surface area contributed by atoms with Gasteiger partial charge in [-0.05, 0) is 19.4 Å². The van der Waals surface area contributed by atoms with E-state index in [2.05, 4.69) is 4.98 Å². The molecule has 6 heteroatoms. The molecule has 0 aliphatic carbocycles. The minimum Gasteiger partial charge on any atom is -0.397 e. The third kappa shape index (κ3) is 2.57. The molecule has 1 fully saturated rings. The Bertz CT molecular complexity index is 465. The number of anilines is 1. The standard InChI is InChI=1S/C12H16ClN3O2/c1-7(17)8-2-3-16(6-8)12(18)10-4-9(14)5-15-11(10)13/h4-5,7-8,17H,2-3,6,14H2,1H3. The number of rotatable bonds is 2. The second kappa shape index (κ2) is 5.12. The van der Waals surface area contributed by atoms with Gasteiger partial charge >= 0.3 is 0 Å². The molecule has 0 aromatic carbocycles. The molecule has 3 N–H and O–H groups in total. The molecule has 2 rings (SSSR count). The van der Waals surface area contributed by atoms with E-state index in [1.165, 1.54) is 12.3 Å². The fourth-order valence-electron chi connectivity index (χ4n) is 2.15. The van der Waals surface area contributed by atoms with Crippen LogP contribution in [0, 0.1) is 5.92 Å². The van der Waals surface area contributed by atoms with Gasteiger partial charge in [0.25, 0.3) is 5.91 Å². The molecule has 2 unspecified atom stereocenters. The molecular formula is C12H16ClN3O2. The van der Waals surface area contributed by atoms with Gasteiger partial charge in [0.05, 0.1) is 23.6 Å². The van der Waals surface area contributed by atoms with Gasteiger partial charge in [0.1, 0.15) is 5.15 Å². The first kappa shape index (κ1) is 13.1. The van der Waals surface area contributed by atoms with Gasteiger partial charge in [-0.3, -0.25) is 4.79 Å². The molecule has 1 aromatic rings. The van der Waals surface area contributed by atoms with E-state index in [1.54, 1.807) is 11.8 Å². The monoisotopic (exact) mass is 269 g/mol. The summed E-state index contributed by atoms with van der Waals surface area (Å²) in [5.41, 5.74) is 6.34. The molecule has 1 aliphatic heterocycles. The van der Waals surface area contributed by atoms with E-state index in [0.717, 1.165) is 6.42 Å².